The highest BCUT2D eigenvalue weighted by atomic mass is 32.2. The van der Waals surface area contributed by atoms with Crippen LogP contribution in [-0.2, 0) is 10.1 Å². The van der Waals surface area contributed by atoms with Gasteiger partial charge in [0.25, 0.3) is 10.1 Å². The molecule has 0 unspecified atom stereocenters. The molecule has 0 fully saturated rings. The zero-order valence-electron chi connectivity index (χ0n) is 8.97. The van der Waals surface area contributed by atoms with Crippen LogP contribution in [0.15, 0.2) is 47.4 Å². The second kappa shape index (κ2) is 4.47. The third kappa shape index (κ3) is 2.72. The molecule has 0 amide bonds. The van der Waals surface area contributed by atoms with Crippen LogP contribution in [0.1, 0.15) is 0 Å². The normalized spacial score (nSPS) is 11.5. The number of halogens is 2. The van der Waals surface area contributed by atoms with Crippen LogP contribution >= 0.6 is 0 Å². The summed E-state index contributed by atoms with van der Waals surface area (Å²) in [5.74, 6) is -1.44. The van der Waals surface area contributed by atoms with E-state index in [0.717, 1.165) is 30.3 Å². The minimum Gasteiger partial charge on any atom is -0.282 e. The molecule has 0 aliphatic heterocycles. The number of hydrogen-bond acceptors (Lipinski definition) is 2. The van der Waals surface area contributed by atoms with E-state index in [1.807, 2.05) is 0 Å². The third-order valence-electron chi connectivity index (χ3n) is 2.35. The van der Waals surface area contributed by atoms with E-state index in [2.05, 4.69) is 0 Å². The van der Waals surface area contributed by atoms with Gasteiger partial charge < -0.3 is 0 Å². The first kappa shape index (κ1) is 12.7. The molecule has 0 radical (unpaired) electrons. The Hall–Kier alpha value is -1.79. The van der Waals surface area contributed by atoms with Crippen molar-refractivity contribution in [1.82, 2.24) is 0 Å². The van der Waals surface area contributed by atoms with Gasteiger partial charge in [-0.15, -0.1) is 0 Å². The Labute approximate surface area is 102 Å². The van der Waals surface area contributed by atoms with Crippen molar-refractivity contribution < 1.29 is 21.8 Å². The maximum Gasteiger partial charge on any atom is 0.294 e. The van der Waals surface area contributed by atoms with E-state index in [-0.39, 0.29) is 10.5 Å². The van der Waals surface area contributed by atoms with Gasteiger partial charge in [0.1, 0.15) is 11.6 Å². The summed E-state index contributed by atoms with van der Waals surface area (Å²) in [6.07, 6.45) is 0. The average Bonchev–Trinajstić information content (AvgIpc) is 2.27. The third-order valence-corrected chi connectivity index (χ3v) is 3.22. The van der Waals surface area contributed by atoms with Crippen LogP contribution in [0.25, 0.3) is 11.1 Å². The van der Waals surface area contributed by atoms with Gasteiger partial charge in [-0.2, -0.15) is 8.42 Å². The standard InChI is InChI=1S/C12H8F2O3S/c13-10-5-9(6-11(14)7-10)8-1-3-12(4-2-8)18(15,16)17/h1-7H,(H,15,16,17). The Bertz CT molecular complexity index is 659. The Morgan fingerprint density at radius 1 is 0.833 bits per heavy atom. The van der Waals surface area contributed by atoms with Crippen molar-refractivity contribution in [2.75, 3.05) is 0 Å². The van der Waals surface area contributed by atoms with Crippen LogP contribution < -0.4 is 0 Å². The highest BCUT2D eigenvalue weighted by molar-refractivity contribution is 7.85. The van der Waals surface area contributed by atoms with Crippen LogP contribution in [-0.4, -0.2) is 13.0 Å². The van der Waals surface area contributed by atoms with E-state index in [0.29, 0.717) is 5.56 Å². The molecule has 0 heterocycles. The minimum atomic E-state index is -4.27. The Morgan fingerprint density at radius 2 is 1.33 bits per heavy atom. The first-order valence-corrected chi connectivity index (χ1v) is 6.34. The highest BCUT2D eigenvalue weighted by Gasteiger charge is 2.09. The molecule has 6 heteroatoms. The van der Waals surface area contributed by atoms with E-state index in [4.69, 9.17) is 4.55 Å². The van der Waals surface area contributed by atoms with Gasteiger partial charge in [-0.25, -0.2) is 8.78 Å². The van der Waals surface area contributed by atoms with Crippen molar-refractivity contribution in [3.63, 3.8) is 0 Å². The molecule has 0 atom stereocenters. The SMILES string of the molecule is O=S(=O)(O)c1ccc(-c2cc(F)cc(F)c2)cc1. The molecule has 18 heavy (non-hydrogen) atoms. The molecule has 2 rings (SSSR count). The fourth-order valence-electron chi connectivity index (χ4n) is 1.54. The average molecular weight is 270 g/mol. The molecule has 0 aromatic heterocycles. The lowest BCUT2D eigenvalue weighted by Gasteiger charge is -2.03. The molecule has 0 aliphatic rings. The molecular weight excluding hydrogens is 262 g/mol. The van der Waals surface area contributed by atoms with Crippen molar-refractivity contribution in [1.29, 1.82) is 0 Å². The summed E-state index contributed by atoms with van der Waals surface area (Å²) in [6, 6.07) is 8.04. The van der Waals surface area contributed by atoms with E-state index in [9.17, 15) is 17.2 Å². The van der Waals surface area contributed by atoms with Crippen molar-refractivity contribution in [2.24, 2.45) is 0 Å². The van der Waals surface area contributed by atoms with E-state index in [1.165, 1.54) is 12.1 Å². The fourth-order valence-corrected chi connectivity index (χ4v) is 2.02. The molecule has 0 saturated carbocycles. The van der Waals surface area contributed by atoms with Gasteiger partial charge in [-0.3, -0.25) is 4.55 Å². The second-order valence-electron chi connectivity index (χ2n) is 3.66. The van der Waals surface area contributed by atoms with Gasteiger partial charge in [0, 0.05) is 6.07 Å². The lowest BCUT2D eigenvalue weighted by atomic mass is 10.1. The van der Waals surface area contributed by atoms with Gasteiger partial charge in [0.2, 0.25) is 0 Å². The highest BCUT2D eigenvalue weighted by Crippen LogP contribution is 2.23. The Kier molecular flexibility index (Phi) is 3.14. The molecule has 0 bridgehead atoms. The summed E-state index contributed by atoms with van der Waals surface area (Å²) in [4.78, 5) is -0.275. The summed E-state index contributed by atoms with van der Waals surface area (Å²) in [5, 5.41) is 0. The molecule has 3 nitrogen and oxygen atoms in total. The fraction of sp³-hybridized carbons (Fsp3) is 0. The van der Waals surface area contributed by atoms with Crippen LogP contribution in [0.2, 0.25) is 0 Å². The summed E-state index contributed by atoms with van der Waals surface area (Å²) >= 11 is 0. The lowest BCUT2D eigenvalue weighted by Crippen LogP contribution is -1.97. The predicted molar refractivity (Wildman–Crippen MR) is 61.6 cm³/mol. The van der Waals surface area contributed by atoms with Gasteiger partial charge in [0.15, 0.2) is 0 Å². The van der Waals surface area contributed by atoms with Crippen molar-refractivity contribution >= 4 is 10.1 Å². The molecule has 94 valence electrons. The summed E-state index contributed by atoms with van der Waals surface area (Å²) < 4.78 is 56.5. The first-order valence-electron chi connectivity index (χ1n) is 4.90. The maximum absolute atomic E-state index is 13.0. The predicted octanol–water partition coefficient (Wildman–Crippen LogP) is 2.88. The van der Waals surface area contributed by atoms with E-state index >= 15 is 0 Å². The molecule has 2 aromatic rings. The largest absolute Gasteiger partial charge is 0.294 e. The van der Waals surface area contributed by atoms with Crippen LogP contribution in [0.4, 0.5) is 8.78 Å². The Morgan fingerprint density at radius 3 is 1.78 bits per heavy atom. The quantitative estimate of drug-likeness (QED) is 0.854. The molecule has 0 saturated heterocycles. The molecule has 0 spiro atoms. The monoisotopic (exact) mass is 270 g/mol. The summed E-state index contributed by atoms with van der Waals surface area (Å²) in [6.45, 7) is 0. The number of benzene rings is 2. The van der Waals surface area contributed by atoms with Crippen molar-refractivity contribution in [3.05, 3.63) is 54.1 Å². The minimum absolute atomic E-state index is 0.275. The topological polar surface area (TPSA) is 54.4 Å². The number of hydrogen-bond donors (Lipinski definition) is 1. The van der Waals surface area contributed by atoms with E-state index < -0.39 is 21.8 Å². The first-order chi connectivity index (χ1) is 8.36. The lowest BCUT2D eigenvalue weighted by molar-refractivity contribution is 0.483. The zero-order valence-corrected chi connectivity index (χ0v) is 9.79. The smallest absolute Gasteiger partial charge is 0.282 e. The molecule has 1 N–H and O–H groups in total. The molecular formula is C12H8F2O3S. The van der Waals surface area contributed by atoms with Crippen LogP contribution in [0.3, 0.4) is 0 Å². The van der Waals surface area contributed by atoms with Crippen LogP contribution in [0, 0.1) is 11.6 Å². The summed E-state index contributed by atoms with van der Waals surface area (Å²) in [5.41, 5.74) is 0.732. The summed E-state index contributed by atoms with van der Waals surface area (Å²) in [7, 11) is -4.27. The zero-order chi connectivity index (χ0) is 13.3. The maximum atomic E-state index is 13.0. The number of rotatable bonds is 2. The van der Waals surface area contributed by atoms with Gasteiger partial charge in [-0.1, -0.05) is 12.1 Å². The second-order valence-corrected chi connectivity index (χ2v) is 5.08. The van der Waals surface area contributed by atoms with Crippen molar-refractivity contribution in [2.45, 2.75) is 4.90 Å². The van der Waals surface area contributed by atoms with Crippen LogP contribution in [0.5, 0.6) is 0 Å². The molecule has 0 aliphatic carbocycles. The molecule has 2 aromatic carbocycles. The van der Waals surface area contributed by atoms with Gasteiger partial charge in [-0.05, 0) is 35.4 Å². The van der Waals surface area contributed by atoms with Crippen molar-refractivity contribution in [3.8, 4) is 11.1 Å². The van der Waals surface area contributed by atoms with Gasteiger partial charge in [0.05, 0.1) is 4.90 Å². The van der Waals surface area contributed by atoms with Gasteiger partial charge >= 0.3 is 0 Å². The van der Waals surface area contributed by atoms with E-state index in [1.54, 1.807) is 0 Å². The Balaban J connectivity index is 2.46.